The molecule has 0 amide bonds. The van der Waals surface area contributed by atoms with E-state index in [1.54, 1.807) is 7.11 Å². The van der Waals surface area contributed by atoms with Gasteiger partial charge in [0.2, 0.25) is 0 Å². The maximum atomic E-state index is 5.64. The van der Waals surface area contributed by atoms with E-state index in [0.717, 1.165) is 56.8 Å². The predicted molar refractivity (Wildman–Crippen MR) is 113 cm³/mol. The van der Waals surface area contributed by atoms with E-state index in [9.17, 15) is 0 Å². The van der Waals surface area contributed by atoms with Crippen LogP contribution in [0.5, 0.6) is 5.75 Å². The van der Waals surface area contributed by atoms with Gasteiger partial charge in [0.1, 0.15) is 5.75 Å². The first-order valence-corrected chi connectivity index (χ1v) is 10.3. The van der Waals surface area contributed by atoms with Crippen molar-refractivity contribution in [2.75, 3.05) is 40.5 Å². The zero-order valence-electron chi connectivity index (χ0n) is 17.5. The summed E-state index contributed by atoms with van der Waals surface area (Å²) in [7, 11) is 3.55. The van der Waals surface area contributed by atoms with Crippen LogP contribution in [0.1, 0.15) is 51.5 Å². The van der Waals surface area contributed by atoms with Gasteiger partial charge in [-0.15, -0.1) is 0 Å². The SMILES string of the molecule is CN=C(NCCCCC(C)C)NCC1(c2ccc(OC)cc2)CCOCC1. The number of rotatable bonds is 9. The van der Waals surface area contributed by atoms with Crippen molar-refractivity contribution in [3.05, 3.63) is 29.8 Å². The molecule has 0 aliphatic carbocycles. The third-order valence-corrected chi connectivity index (χ3v) is 5.47. The van der Waals surface area contributed by atoms with E-state index in [2.05, 4.69) is 41.6 Å². The molecule has 1 aromatic carbocycles. The number of benzene rings is 1. The van der Waals surface area contributed by atoms with E-state index >= 15 is 0 Å². The molecule has 0 aromatic heterocycles. The summed E-state index contributed by atoms with van der Waals surface area (Å²) < 4.78 is 11.0. The molecule has 1 fully saturated rings. The number of unbranched alkanes of at least 4 members (excludes halogenated alkanes) is 1. The molecule has 152 valence electrons. The van der Waals surface area contributed by atoms with Gasteiger partial charge in [-0.3, -0.25) is 4.99 Å². The summed E-state index contributed by atoms with van der Waals surface area (Å²) in [5, 5.41) is 7.02. The van der Waals surface area contributed by atoms with Crippen LogP contribution in [0, 0.1) is 5.92 Å². The van der Waals surface area contributed by atoms with Gasteiger partial charge in [-0.25, -0.2) is 0 Å². The van der Waals surface area contributed by atoms with E-state index in [1.807, 2.05) is 19.2 Å². The quantitative estimate of drug-likeness (QED) is 0.392. The number of nitrogens with zero attached hydrogens (tertiary/aromatic N) is 1. The van der Waals surface area contributed by atoms with Crippen LogP contribution >= 0.6 is 0 Å². The first-order chi connectivity index (χ1) is 13.1. The van der Waals surface area contributed by atoms with Gasteiger partial charge in [0, 0.05) is 38.8 Å². The van der Waals surface area contributed by atoms with Crippen molar-refractivity contribution in [1.29, 1.82) is 0 Å². The lowest BCUT2D eigenvalue weighted by Crippen LogP contribution is -2.48. The fourth-order valence-electron chi connectivity index (χ4n) is 3.63. The number of methoxy groups -OCH3 is 1. The zero-order chi connectivity index (χ0) is 19.5. The van der Waals surface area contributed by atoms with Crippen molar-refractivity contribution in [3.8, 4) is 5.75 Å². The third-order valence-electron chi connectivity index (χ3n) is 5.47. The second-order valence-corrected chi connectivity index (χ2v) is 7.86. The van der Waals surface area contributed by atoms with Gasteiger partial charge >= 0.3 is 0 Å². The molecule has 0 radical (unpaired) electrons. The number of guanidine groups is 1. The van der Waals surface area contributed by atoms with Gasteiger partial charge in [-0.05, 0) is 42.9 Å². The Balaban J connectivity index is 1.92. The molecular formula is C22H37N3O2. The van der Waals surface area contributed by atoms with Crippen molar-refractivity contribution in [3.63, 3.8) is 0 Å². The Labute approximate surface area is 164 Å². The molecule has 1 aromatic rings. The molecule has 5 nitrogen and oxygen atoms in total. The Morgan fingerprint density at radius 2 is 1.85 bits per heavy atom. The smallest absolute Gasteiger partial charge is 0.191 e. The highest BCUT2D eigenvalue weighted by molar-refractivity contribution is 5.79. The summed E-state index contributed by atoms with van der Waals surface area (Å²) >= 11 is 0. The van der Waals surface area contributed by atoms with Crippen LogP contribution in [-0.2, 0) is 10.2 Å². The summed E-state index contributed by atoms with van der Waals surface area (Å²) in [5.41, 5.74) is 1.41. The maximum absolute atomic E-state index is 5.64. The van der Waals surface area contributed by atoms with Gasteiger partial charge in [0.15, 0.2) is 5.96 Å². The van der Waals surface area contributed by atoms with Gasteiger partial charge in [0.05, 0.1) is 7.11 Å². The van der Waals surface area contributed by atoms with Crippen molar-refractivity contribution < 1.29 is 9.47 Å². The number of aliphatic imine (C=N–C) groups is 1. The Morgan fingerprint density at radius 1 is 1.15 bits per heavy atom. The Morgan fingerprint density at radius 3 is 2.44 bits per heavy atom. The number of ether oxygens (including phenoxy) is 2. The topological polar surface area (TPSA) is 54.9 Å². The summed E-state index contributed by atoms with van der Waals surface area (Å²) in [5.74, 6) is 2.56. The molecule has 1 heterocycles. The average Bonchev–Trinajstić information content (AvgIpc) is 2.70. The highest BCUT2D eigenvalue weighted by Gasteiger charge is 2.34. The molecule has 0 saturated carbocycles. The third kappa shape index (κ3) is 6.73. The van der Waals surface area contributed by atoms with Gasteiger partial charge < -0.3 is 20.1 Å². The van der Waals surface area contributed by atoms with Crippen molar-refractivity contribution in [2.24, 2.45) is 10.9 Å². The van der Waals surface area contributed by atoms with Gasteiger partial charge in [-0.1, -0.05) is 38.8 Å². The first-order valence-electron chi connectivity index (χ1n) is 10.3. The van der Waals surface area contributed by atoms with Crippen LogP contribution in [0.2, 0.25) is 0 Å². The van der Waals surface area contributed by atoms with Crippen LogP contribution in [0.25, 0.3) is 0 Å². The van der Waals surface area contributed by atoms with Gasteiger partial charge in [0.25, 0.3) is 0 Å². The van der Waals surface area contributed by atoms with Crippen molar-refractivity contribution in [1.82, 2.24) is 10.6 Å². The minimum absolute atomic E-state index is 0.0692. The zero-order valence-corrected chi connectivity index (χ0v) is 17.5. The van der Waals surface area contributed by atoms with Gasteiger partial charge in [-0.2, -0.15) is 0 Å². The van der Waals surface area contributed by atoms with Crippen molar-refractivity contribution in [2.45, 2.75) is 51.4 Å². The molecule has 0 unspecified atom stereocenters. The highest BCUT2D eigenvalue weighted by atomic mass is 16.5. The summed E-state index contributed by atoms with van der Waals surface area (Å²) in [4.78, 5) is 4.40. The Bertz CT molecular complexity index is 563. The normalized spacial score (nSPS) is 17.0. The fourth-order valence-corrected chi connectivity index (χ4v) is 3.63. The number of nitrogens with one attached hydrogen (secondary N) is 2. The second kappa shape index (κ2) is 11.2. The summed E-state index contributed by atoms with van der Waals surface area (Å²) in [6.45, 7) is 7.98. The lowest BCUT2D eigenvalue weighted by Gasteiger charge is -2.38. The van der Waals surface area contributed by atoms with Crippen molar-refractivity contribution >= 4 is 5.96 Å². The van der Waals surface area contributed by atoms with Crippen LogP contribution in [0.4, 0.5) is 0 Å². The van der Waals surface area contributed by atoms with E-state index in [0.29, 0.717) is 0 Å². The Kier molecular flexibility index (Phi) is 8.92. The molecule has 5 heteroatoms. The number of hydrogen-bond acceptors (Lipinski definition) is 3. The molecule has 1 saturated heterocycles. The monoisotopic (exact) mass is 375 g/mol. The molecule has 2 N–H and O–H groups in total. The van der Waals surface area contributed by atoms with E-state index in [-0.39, 0.29) is 5.41 Å². The minimum atomic E-state index is 0.0692. The maximum Gasteiger partial charge on any atom is 0.191 e. The molecule has 27 heavy (non-hydrogen) atoms. The summed E-state index contributed by atoms with van der Waals surface area (Å²) in [6, 6.07) is 8.48. The first kappa shape index (κ1) is 21.5. The molecular weight excluding hydrogens is 338 g/mol. The molecule has 1 aliphatic heterocycles. The average molecular weight is 376 g/mol. The molecule has 0 spiro atoms. The van der Waals surface area contributed by atoms with E-state index in [4.69, 9.17) is 9.47 Å². The molecule has 2 rings (SSSR count). The largest absolute Gasteiger partial charge is 0.497 e. The number of hydrogen-bond donors (Lipinski definition) is 2. The summed E-state index contributed by atoms with van der Waals surface area (Å²) in [6.07, 6.45) is 5.74. The van der Waals surface area contributed by atoms with Crippen LogP contribution < -0.4 is 15.4 Å². The van der Waals surface area contributed by atoms with E-state index < -0.39 is 0 Å². The minimum Gasteiger partial charge on any atom is -0.497 e. The molecule has 0 bridgehead atoms. The Hall–Kier alpha value is -1.75. The lowest BCUT2D eigenvalue weighted by molar-refractivity contribution is 0.0513. The molecule has 1 aliphatic rings. The standard InChI is InChI=1S/C22H37N3O2/c1-18(2)7-5-6-14-24-21(23-3)25-17-22(12-15-27-16-13-22)19-8-10-20(26-4)11-9-19/h8-11,18H,5-7,12-17H2,1-4H3,(H2,23,24,25). The van der Waals surface area contributed by atoms with Crippen LogP contribution in [0.15, 0.2) is 29.3 Å². The second-order valence-electron chi connectivity index (χ2n) is 7.86. The van der Waals surface area contributed by atoms with E-state index in [1.165, 1.54) is 24.8 Å². The fraction of sp³-hybridized carbons (Fsp3) is 0.682. The predicted octanol–water partition coefficient (Wildman–Crippen LogP) is 3.73. The van der Waals surface area contributed by atoms with Crippen LogP contribution in [-0.4, -0.2) is 46.4 Å². The van der Waals surface area contributed by atoms with Crippen LogP contribution in [0.3, 0.4) is 0 Å². The molecule has 0 atom stereocenters. The lowest BCUT2D eigenvalue weighted by atomic mass is 9.74. The highest BCUT2D eigenvalue weighted by Crippen LogP contribution is 2.35.